The minimum absolute atomic E-state index is 0.885. The van der Waals surface area contributed by atoms with Crippen molar-refractivity contribution in [3.63, 3.8) is 0 Å². The van der Waals surface area contributed by atoms with Gasteiger partial charge in [0.15, 0.2) is 0 Å². The second kappa shape index (κ2) is 12.6. The van der Waals surface area contributed by atoms with Crippen LogP contribution < -0.4 is 4.90 Å². The fourth-order valence-corrected chi connectivity index (χ4v) is 8.25. The first-order valence-electron chi connectivity index (χ1n) is 18.7. The molecule has 0 aliphatic heterocycles. The maximum atomic E-state index is 6.42. The number of hydrogen-bond acceptors (Lipinski definition) is 3. The molecule has 11 aromatic rings. The Balaban J connectivity index is 1.07. The highest BCUT2D eigenvalue weighted by molar-refractivity contribution is 6.19. The molecule has 258 valence electrons. The van der Waals surface area contributed by atoms with E-state index in [2.05, 4.69) is 193 Å². The highest BCUT2D eigenvalue weighted by Gasteiger charge is 2.20. The summed E-state index contributed by atoms with van der Waals surface area (Å²) in [6, 6.07) is 71.0. The van der Waals surface area contributed by atoms with Gasteiger partial charge < -0.3 is 13.7 Å². The van der Waals surface area contributed by atoms with E-state index in [1.807, 2.05) is 12.1 Å². The maximum Gasteiger partial charge on any atom is 0.143 e. The van der Waals surface area contributed by atoms with Crippen molar-refractivity contribution in [1.82, 2.24) is 0 Å². The van der Waals surface area contributed by atoms with Gasteiger partial charge >= 0.3 is 0 Å². The van der Waals surface area contributed by atoms with Gasteiger partial charge in [-0.1, -0.05) is 146 Å². The molecule has 0 aliphatic carbocycles. The summed E-state index contributed by atoms with van der Waals surface area (Å²) >= 11 is 0. The van der Waals surface area contributed by atoms with E-state index in [1.165, 1.54) is 21.9 Å². The monoisotopic (exact) mass is 703 g/mol. The van der Waals surface area contributed by atoms with Gasteiger partial charge in [-0.15, -0.1) is 0 Å². The largest absolute Gasteiger partial charge is 0.456 e. The Hall–Kier alpha value is -7.36. The first kappa shape index (κ1) is 31.2. The first-order chi connectivity index (χ1) is 27.3. The molecule has 0 saturated carbocycles. The number of hydrogen-bond donors (Lipinski definition) is 0. The molecule has 0 atom stereocenters. The van der Waals surface area contributed by atoms with Gasteiger partial charge in [0.2, 0.25) is 0 Å². The zero-order valence-electron chi connectivity index (χ0n) is 29.8. The van der Waals surface area contributed by atoms with E-state index in [4.69, 9.17) is 8.83 Å². The third kappa shape index (κ3) is 5.20. The lowest BCUT2D eigenvalue weighted by Gasteiger charge is -2.28. The number of rotatable bonds is 6. The van der Waals surface area contributed by atoms with Crippen molar-refractivity contribution in [1.29, 1.82) is 0 Å². The second-order valence-electron chi connectivity index (χ2n) is 14.1. The molecule has 0 amide bonds. The summed E-state index contributed by atoms with van der Waals surface area (Å²) in [6.07, 6.45) is 0. The summed E-state index contributed by atoms with van der Waals surface area (Å²) in [5.41, 5.74) is 13.6. The normalized spacial score (nSPS) is 11.6. The Kier molecular flexibility index (Phi) is 7.17. The zero-order chi connectivity index (χ0) is 36.3. The predicted molar refractivity (Wildman–Crippen MR) is 229 cm³/mol. The van der Waals surface area contributed by atoms with Crippen LogP contribution in [0.5, 0.6) is 0 Å². The SMILES string of the molecule is c1ccc(-c2ccc(N(c3ccc(-c4cccc5c4oc4ccccc45)cc3)c3ccccc3-c3ccc4oc5ccc6ccccc6c5c4c3)cc2)cc1. The van der Waals surface area contributed by atoms with Crippen LogP contribution in [0.4, 0.5) is 17.1 Å². The maximum absolute atomic E-state index is 6.42. The summed E-state index contributed by atoms with van der Waals surface area (Å²) in [7, 11) is 0. The number of fused-ring (bicyclic) bond motifs is 8. The molecule has 11 rings (SSSR count). The molecule has 3 nitrogen and oxygen atoms in total. The third-order valence-corrected chi connectivity index (χ3v) is 10.9. The Morgan fingerprint density at radius 1 is 0.327 bits per heavy atom. The number of benzene rings is 9. The average molecular weight is 704 g/mol. The summed E-state index contributed by atoms with van der Waals surface area (Å²) < 4.78 is 12.8. The van der Waals surface area contributed by atoms with E-state index in [1.54, 1.807) is 0 Å². The van der Waals surface area contributed by atoms with Crippen molar-refractivity contribution in [2.45, 2.75) is 0 Å². The molecule has 0 fully saturated rings. The molecule has 0 radical (unpaired) electrons. The molecule has 0 N–H and O–H groups in total. The van der Waals surface area contributed by atoms with Crippen molar-refractivity contribution in [2.24, 2.45) is 0 Å². The van der Waals surface area contributed by atoms with Crippen LogP contribution in [0, 0.1) is 0 Å². The van der Waals surface area contributed by atoms with Crippen molar-refractivity contribution in [2.75, 3.05) is 4.90 Å². The van der Waals surface area contributed by atoms with E-state index < -0.39 is 0 Å². The molecule has 0 aliphatic rings. The second-order valence-corrected chi connectivity index (χ2v) is 14.1. The number of furan rings is 2. The van der Waals surface area contributed by atoms with Crippen molar-refractivity contribution < 1.29 is 8.83 Å². The summed E-state index contributed by atoms with van der Waals surface area (Å²) in [5, 5.41) is 6.92. The molecule has 55 heavy (non-hydrogen) atoms. The molecule has 0 spiro atoms. The van der Waals surface area contributed by atoms with E-state index in [9.17, 15) is 0 Å². The fraction of sp³-hybridized carbons (Fsp3) is 0. The fourth-order valence-electron chi connectivity index (χ4n) is 8.25. The minimum Gasteiger partial charge on any atom is -0.456 e. The van der Waals surface area contributed by atoms with Gasteiger partial charge in [0.05, 0.1) is 5.69 Å². The molecule has 3 heteroatoms. The molecule has 0 saturated heterocycles. The van der Waals surface area contributed by atoms with Crippen molar-refractivity contribution in [3.05, 3.63) is 200 Å². The van der Waals surface area contributed by atoms with Gasteiger partial charge in [0.1, 0.15) is 22.3 Å². The van der Waals surface area contributed by atoms with Crippen LogP contribution >= 0.6 is 0 Å². The van der Waals surface area contributed by atoms with Gasteiger partial charge in [0, 0.05) is 44.0 Å². The molecule has 0 unspecified atom stereocenters. The Bertz CT molecular complexity index is 3190. The number of anilines is 3. The molecule has 0 bridgehead atoms. The van der Waals surface area contributed by atoms with E-state index in [0.717, 1.165) is 83.2 Å². The summed E-state index contributed by atoms with van der Waals surface area (Å²) in [6.45, 7) is 0. The molecule has 9 aromatic carbocycles. The summed E-state index contributed by atoms with van der Waals surface area (Å²) in [5.74, 6) is 0. The Morgan fingerprint density at radius 3 is 1.76 bits per heavy atom. The van der Waals surface area contributed by atoms with Crippen LogP contribution in [0.15, 0.2) is 209 Å². The highest BCUT2D eigenvalue weighted by atomic mass is 16.3. The smallest absolute Gasteiger partial charge is 0.143 e. The molecule has 2 aromatic heterocycles. The molecular weight excluding hydrogens is 671 g/mol. The molecular formula is C52H33NO2. The Morgan fingerprint density at radius 2 is 0.927 bits per heavy atom. The topological polar surface area (TPSA) is 29.5 Å². The summed E-state index contributed by atoms with van der Waals surface area (Å²) in [4.78, 5) is 2.36. The van der Waals surface area contributed by atoms with Crippen molar-refractivity contribution in [3.8, 4) is 33.4 Å². The van der Waals surface area contributed by atoms with E-state index >= 15 is 0 Å². The number of nitrogens with zero attached hydrogens (tertiary/aromatic N) is 1. The quantitative estimate of drug-likeness (QED) is 0.173. The first-order valence-corrected chi connectivity index (χ1v) is 18.7. The lowest BCUT2D eigenvalue weighted by Crippen LogP contribution is -2.11. The minimum atomic E-state index is 0.885. The molecule has 2 heterocycles. The van der Waals surface area contributed by atoms with Crippen LogP contribution in [0.1, 0.15) is 0 Å². The van der Waals surface area contributed by atoms with E-state index in [-0.39, 0.29) is 0 Å². The standard InChI is InChI=1S/C52H33NO2/c1-2-11-34(12-3-1)35-21-27-39(28-22-35)53(40-29-23-37(24-30-40)43-17-10-18-45-44-16-7-9-20-48(44)55-52(43)45)47-19-8-6-14-41(47)38-26-31-49-46(33-38)51-42-15-5-4-13-36(42)25-32-50(51)54-49/h1-33H. The van der Waals surface area contributed by atoms with Crippen LogP contribution in [-0.2, 0) is 0 Å². The lowest BCUT2D eigenvalue weighted by atomic mass is 9.97. The third-order valence-electron chi connectivity index (χ3n) is 10.9. The van der Waals surface area contributed by atoms with Crippen molar-refractivity contribution >= 4 is 71.7 Å². The lowest BCUT2D eigenvalue weighted by molar-refractivity contribution is 0.669. The number of para-hydroxylation sites is 3. The van der Waals surface area contributed by atoms with Crippen LogP contribution in [-0.4, -0.2) is 0 Å². The van der Waals surface area contributed by atoms with Gasteiger partial charge in [-0.25, -0.2) is 0 Å². The van der Waals surface area contributed by atoms with Gasteiger partial charge in [0.25, 0.3) is 0 Å². The van der Waals surface area contributed by atoms with Crippen LogP contribution in [0.3, 0.4) is 0 Å². The van der Waals surface area contributed by atoms with E-state index in [0.29, 0.717) is 0 Å². The van der Waals surface area contributed by atoms with Gasteiger partial charge in [-0.05, 0) is 87.6 Å². The average Bonchev–Trinajstić information content (AvgIpc) is 3.83. The predicted octanol–water partition coefficient (Wildman–Crippen LogP) is 15.1. The van der Waals surface area contributed by atoms with Crippen LogP contribution in [0.2, 0.25) is 0 Å². The van der Waals surface area contributed by atoms with Gasteiger partial charge in [-0.2, -0.15) is 0 Å². The Labute approximate surface area is 317 Å². The highest BCUT2D eigenvalue weighted by Crippen LogP contribution is 2.44. The van der Waals surface area contributed by atoms with Gasteiger partial charge in [-0.3, -0.25) is 0 Å². The zero-order valence-corrected chi connectivity index (χ0v) is 29.8. The van der Waals surface area contributed by atoms with Crippen LogP contribution in [0.25, 0.3) is 88.0 Å².